The molecule has 0 radical (unpaired) electrons. The van der Waals surface area contributed by atoms with Crippen LogP contribution in [-0.2, 0) is 10.2 Å². The summed E-state index contributed by atoms with van der Waals surface area (Å²) in [6.45, 7) is 5.63. The number of aliphatic carboxylic acids is 1. The molecule has 0 aromatic heterocycles. The van der Waals surface area contributed by atoms with Gasteiger partial charge in [-0.15, -0.1) is 0 Å². The molecule has 0 fully saturated rings. The van der Waals surface area contributed by atoms with Crippen molar-refractivity contribution in [2.45, 2.75) is 51.9 Å². The van der Waals surface area contributed by atoms with E-state index in [2.05, 4.69) is 28.7 Å². The number of nitrogens with zero attached hydrogens (tertiary/aromatic N) is 1. The quantitative estimate of drug-likeness (QED) is 0.532. The van der Waals surface area contributed by atoms with E-state index in [0.717, 1.165) is 28.4 Å². The van der Waals surface area contributed by atoms with Crippen molar-refractivity contribution in [3.63, 3.8) is 0 Å². The summed E-state index contributed by atoms with van der Waals surface area (Å²) in [7, 11) is 0. The topological polar surface area (TPSA) is 61.1 Å². The smallest absolute Gasteiger partial charge is 0.313 e. The maximum atomic E-state index is 11.7. The van der Waals surface area contributed by atoms with Crippen LogP contribution in [0.4, 0.5) is 0 Å². The van der Waals surface area contributed by atoms with E-state index in [9.17, 15) is 9.90 Å². The van der Waals surface area contributed by atoms with Gasteiger partial charge in [-0.05, 0) is 73.9 Å². The number of hydrogen-bond acceptors (Lipinski definition) is 2. The summed E-state index contributed by atoms with van der Waals surface area (Å²) in [6.07, 6.45) is 3.06. The van der Waals surface area contributed by atoms with Gasteiger partial charge in [0.1, 0.15) is 0 Å². The van der Waals surface area contributed by atoms with E-state index in [1.54, 1.807) is 6.92 Å². The van der Waals surface area contributed by atoms with E-state index in [1.165, 1.54) is 0 Å². The maximum Gasteiger partial charge on any atom is 0.313 e. The lowest BCUT2D eigenvalue weighted by Crippen LogP contribution is -2.32. The summed E-state index contributed by atoms with van der Waals surface area (Å²) in [6, 6.07) is 9.97. The van der Waals surface area contributed by atoms with Crippen LogP contribution < -0.4 is 0 Å². The number of rotatable bonds is 7. The van der Waals surface area contributed by atoms with Gasteiger partial charge in [0.2, 0.25) is 0 Å². The van der Waals surface area contributed by atoms with Gasteiger partial charge < -0.3 is 5.11 Å². The van der Waals surface area contributed by atoms with E-state index < -0.39 is 11.4 Å². The fraction of sp³-hybridized carbons (Fsp3) is 0.529. The Labute approximate surface area is 140 Å². The maximum absolute atomic E-state index is 11.7. The molecular formula is C17H22INO2. The van der Waals surface area contributed by atoms with E-state index in [4.69, 9.17) is 5.26 Å². The molecule has 0 saturated heterocycles. The Morgan fingerprint density at radius 2 is 1.90 bits per heavy atom. The lowest BCUT2D eigenvalue weighted by molar-refractivity contribution is -0.143. The minimum Gasteiger partial charge on any atom is -0.481 e. The third kappa shape index (κ3) is 4.99. The normalized spacial score (nSPS) is 14.2. The Balaban J connectivity index is 2.75. The second-order valence-corrected chi connectivity index (χ2v) is 7.60. The van der Waals surface area contributed by atoms with Crippen LogP contribution in [0.25, 0.3) is 0 Å². The number of hydrogen-bond donors (Lipinski definition) is 1. The predicted octanol–water partition coefficient (Wildman–Crippen LogP) is 4.74. The van der Waals surface area contributed by atoms with Crippen LogP contribution in [0.5, 0.6) is 0 Å². The summed E-state index contributed by atoms with van der Waals surface area (Å²) in [5.41, 5.74) is -0.346. The molecule has 1 atom stereocenters. The Bertz CT molecular complexity index is 548. The zero-order valence-corrected chi connectivity index (χ0v) is 15.0. The number of carboxylic acids is 1. The van der Waals surface area contributed by atoms with E-state index in [-0.39, 0.29) is 5.41 Å². The van der Waals surface area contributed by atoms with Crippen molar-refractivity contribution in [3.8, 4) is 6.07 Å². The largest absolute Gasteiger partial charge is 0.481 e. The molecule has 1 rings (SSSR count). The second-order valence-electron chi connectivity index (χ2n) is 6.35. The van der Waals surface area contributed by atoms with Crippen LogP contribution in [0, 0.1) is 20.3 Å². The molecule has 1 unspecified atom stereocenters. The predicted molar refractivity (Wildman–Crippen MR) is 92.0 cm³/mol. The molecule has 114 valence electrons. The monoisotopic (exact) mass is 399 g/mol. The lowest BCUT2D eigenvalue weighted by Gasteiger charge is -2.26. The zero-order chi connectivity index (χ0) is 16.1. The lowest BCUT2D eigenvalue weighted by atomic mass is 9.77. The Hall–Kier alpha value is -1.09. The molecule has 0 aliphatic rings. The molecule has 0 bridgehead atoms. The summed E-state index contributed by atoms with van der Waals surface area (Å²) < 4.78 is 1.04. The minimum atomic E-state index is -0.863. The van der Waals surface area contributed by atoms with E-state index in [0.29, 0.717) is 6.42 Å². The standard InChI is InChI=1S/C17H22INO2/c1-16(2,12-19)9-4-5-10-17(3,15(20)21)13-7-6-8-14(18)11-13/h6-8,11H,4-5,9-10H2,1-3H3,(H,20,21). The number of carboxylic acid groups (broad SMARTS) is 1. The highest BCUT2D eigenvalue weighted by molar-refractivity contribution is 14.1. The van der Waals surface area contributed by atoms with Crippen molar-refractivity contribution in [2.75, 3.05) is 0 Å². The van der Waals surface area contributed by atoms with Crippen LogP contribution >= 0.6 is 22.6 Å². The molecule has 0 amide bonds. The molecular weight excluding hydrogens is 377 g/mol. The van der Waals surface area contributed by atoms with Crippen molar-refractivity contribution in [1.29, 1.82) is 5.26 Å². The van der Waals surface area contributed by atoms with Gasteiger partial charge in [0.05, 0.1) is 16.9 Å². The molecule has 0 aliphatic heterocycles. The zero-order valence-electron chi connectivity index (χ0n) is 12.8. The average molecular weight is 399 g/mol. The van der Waals surface area contributed by atoms with E-state index >= 15 is 0 Å². The molecule has 1 N–H and O–H groups in total. The highest BCUT2D eigenvalue weighted by Crippen LogP contribution is 2.32. The molecule has 4 heteroatoms. The second kappa shape index (κ2) is 7.26. The molecule has 0 aliphatic carbocycles. The van der Waals surface area contributed by atoms with Crippen LogP contribution in [-0.4, -0.2) is 11.1 Å². The summed E-state index contributed by atoms with van der Waals surface area (Å²) >= 11 is 2.20. The number of halogens is 1. The number of unbranched alkanes of at least 4 members (excludes halogenated alkanes) is 1. The third-order valence-corrected chi connectivity index (χ3v) is 4.64. The van der Waals surface area contributed by atoms with E-state index in [1.807, 2.05) is 38.1 Å². The van der Waals surface area contributed by atoms with Crippen molar-refractivity contribution in [3.05, 3.63) is 33.4 Å². The summed E-state index contributed by atoms with van der Waals surface area (Å²) in [4.78, 5) is 11.7. The van der Waals surface area contributed by atoms with Crippen molar-refractivity contribution < 1.29 is 9.90 Å². The van der Waals surface area contributed by atoms with Gasteiger partial charge >= 0.3 is 5.97 Å². The van der Waals surface area contributed by atoms with Crippen LogP contribution in [0.1, 0.15) is 52.0 Å². The van der Waals surface area contributed by atoms with Crippen LogP contribution in [0.15, 0.2) is 24.3 Å². The van der Waals surface area contributed by atoms with Gasteiger partial charge in [-0.1, -0.05) is 25.0 Å². The number of nitriles is 1. The van der Waals surface area contributed by atoms with Gasteiger partial charge in [-0.3, -0.25) is 4.79 Å². The van der Waals surface area contributed by atoms with Crippen molar-refractivity contribution in [1.82, 2.24) is 0 Å². The first-order chi connectivity index (χ1) is 9.71. The van der Waals surface area contributed by atoms with Crippen molar-refractivity contribution >= 4 is 28.6 Å². The SMILES string of the molecule is CC(C)(C#N)CCCCC(C)(C(=O)O)c1cccc(I)c1. The van der Waals surface area contributed by atoms with Crippen molar-refractivity contribution in [2.24, 2.45) is 5.41 Å². The van der Waals surface area contributed by atoms with Gasteiger partial charge in [0.15, 0.2) is 0 Å². The highest BCUT2D eigenvalue weighted by atomic mass is 127. The molecule has 1 aromatic carbocycles. The molecule has 3 nitrogen and oxygen atoms in total. The molecule has 1 aromatic rings. The highest BCUT2D eigenvalue weighted by Gasteiger charge is 2.34. The average Bonchev–Trinajstić information content (AvgIpc) is 2.43. The molecule has 21 heavy (non-hydrogen) atoms. The third-order valence-electron chi connectivity index (χ3n) is 3.96. The Morgan fingerprint density at radius 3 is 2.43 bits per heavy atom. The summed E-state index contributed by atoms with van der Waals surface area (Å²) in [5, 5.41) is 18.6. The first-order valence-electron chi connectivity index (χ1n) is 7.12. The fourth-order valence-corrected chi connectivity index (χ4v) is 2.85. The molecule has 0 heterocycles. The van der Waals surface area contributed by atoms with Gasteiger partial charge in [0, 0.05) is 3.57 Å². The molecule has 0 saturated carbocycles. The minimum absolute atomic E-state index is 0.332. The number of benzene rings is 1. The first-order valence-corrected chi connectivity index (χ1v) is 8.20. The summed E-state index contributed by atoms with van der Waals surface area (Å²) in [5.74, 6) is -0.788. The fourth-order valence-electron chi connectivity index (χ4n) is 2.31. The first kappa shape index (κ1) is 18.0. The van der Waals surface area contributed by atoms with Gasteiger partial charge in [0.25, 0.3) is 0 Å². The van der Waals surface area contributed by atoms with Crippen LogP contribution in [0.3, 0.4) is 0 Å². The molecule has 0 spiro atoms. The Kier molecular flexibility index (Phi) is 6.21. The van der Waals surface area contributed by atoms with Crippen LogP contribution in [0.2, 0.25) is 0 Å². The van der Waals surface area contributed by atoms with Gasteiger partial charge in [-0.25, -0.2) is 0 Å². The number of carbonyl (C=O) groups is 1. The Morgan fingerprint density at radius 1 is 1.29 bits per heavy atom. The van der Waals surface area contributed by atoms with Gasteiger partial charge in [-0.2, -0.15) is 5.26 Å².